The maximum atomic E-state index is 2.36. The van der Waals surface area contributed by atoms with E-state index in [0.717, 1.165) is 23.7 Å². The maximum absolute atomic E-state index is 2.36. The smallest absolute Gasteiger partial charge is 0.0329 e. The maximum Gasteiger partial charge on any atom is -0.0329 e. The van der Waals surface area contributed by atoms with Gasteiger partial charge in [-0.15, -0.1) is 0 Å². The Labute approximate surface area is 131 Å². The lowest BCUT2D eigenvalue weighted by molar-refractivity contribution is 0.168. The molecule has 0 bridgehead atoms. The summed E-state index contributed by atoms with van der Waals surface area (Å²) in [6.45, 7) is 27.9. The lowest BCUT2D eigenvalue weighted by Gasteiger charge is -2.33. The Morgan fingerprint density at radius 2 is 1.10 bits per heavy atom. The number of rotatable bonds is 5. The van der Waals surface area contributed by atoms with Crippen molar-refractivity contribution in [2.24, 2.45) is 34.5 Å². The second kappa shape index (κ2) is 9.11. The van der Waals surface area contributed by atoms with Crippen LogP contribution in [0.25, 0.3) is 0 Å². The lowest BCUT2D eigenvalue weighted by atomic mass is 9.72. The molecule has 3 atom stereocenters. The lowest BCUT2D eigenvalue weighted by Crippen LogP contribution is -2.24. The van der Waals surface area contributed by atoms with Gasteiger partial charge in [0, 0.05) is 0 Å². The van der Waals surface area contributed by atoms with E-state index in [0.29, 0.717) is 10.8 Å². The van der Waals surface area contributed by atoms with Crippen molar-refractivity contribution in [1.82, 2.24) is 0 Å². The first-order valence-electron chi connectivity index (χ1n) is 8.81. The van der Waals surface area contributed by atoms with Crippen molar-refractivity contribution >= 4 is 0 Å². The Balaban J connectivity index is 0. The number of hydrogen-bond donors (Lipinski definition) is 0. The standard InChI is InChI=1S/2C10H22/c1-7-8(2)9(3)10(4,5)6;1-7-10(5,6)9(4)8(2)3/h2*8-9H,7H2,1-6H3. The third-order valence-corrected chi connectivity index (χ3v) is 6.01. The molecule has 0 fully saturated rings. The first-order chi connectivity index (χ1) is 8.81. The quantitative estimate of drug-likeness (QED) is 0.492. The molecule has 0 heterocycles. The van der Waals surface area contributed by atoms with E-state index in [2.05, 4.69) is 83.1 Å². The summed E-state index contributed by atoms with van der Waals surface area (Å²) in [6.07, 6.45) is 2.59. The van der Waals surface area contributed by atoms with Gasteiger partial charge in [-0.3, -0.25) is 0 Å². The molecule has 0 saturated carbocycles. The second-order valence-electron chi connectivity index (χ2n) is 8.92. The van der Waals surface area contributed by atoms with Crippen LogP contribution in [-0.4, -0.2) is 0 Å². The van der Waals surface area contributed by atoms with Crippen molar-refractivity contribution in [1.29, 1.82) is 0 Å². The highest BCUT2D eigenvalue weighted by molar-refractivity contribution is 4.75. The fourth-order valence-electron chi connectivity index (χ4n) is 2.43. The van der Waals surface area contributed by atoms with Crippen molar-refractivity contribution in [3.8, 4) is 0 Å². The van der Waals surface area contributed by atoms with Gasteiger partial charge in [-0.05, 0) is 34.5 Å². The average Bonchev–Trinajstić information content (AvgIpc) is 2.35. The molecule has 0 aliphatic heterocycles. The largest absolute Gasteiger partial charge is 0.0651 e. The van der Waals surface area contributed by atoms with Gasteiger partial charge in [-0.1, -0.05) is 95.9 Å². The fourth-order valence-corrected chi connectivity index (χ4v) is 2.43. The zero-order valence-corrected chi connectivity index (χ0v) is 16.7. The summed E-state index contributed by atoms with van der Waals surface area (Å²) in [6, 6.07) is 0. The van der Waals surface area contributed by atoms with Crippen LogP contribution in [0.4, 0.5) is 0 Å². The van der Waals surface area contributed by atoms with Crippen LogP contribution >= 0.6 is 0 Å². The molecule has 0 radical (unpaired) electrons. The molecule has 124 valence electrons. The molecule has 0 nitrogen and oxygen atoms in total. The minimum Gasteiger partial charge on any atom is -0.0651 e. The molecule has 0 aliphatic rings. The van der Waals surface area contributed by atoms with E-state index in [4.69, 9.17) is 0 Å². The molecular formula is C20H44. The summed E-state index contributed by atoms with van der Waals surface area (Å²) >= 11 is 0. The summed E-state index contributed by atoms with van der Waals surface area (Å²) < 4.78 is 0. The molecule has 0 aromatic heterocycles. The van der Waals surface area contributed by atoms with E-state index in [1.165, 1.54) is 12.8 Å². The minimum absolute atomic E-state index is 0.482. The van der Waals surface area contributed by atoms with Crippen molar-refractivity contribution < 1.29 is 0 Å². The fraction of sp³-hybridized carbons (Fsp3) is 1.00. The SMILES string of the molecule is CCC(C)(C)C(C)C(C)C.CCC(C)C(C)C(C)(C)C. The topological polar surface area (TPSA) is 0 Å². The van der Waals surface area contributed by atoms with Crippen LogP contribution in [0.5, 0.6) is 0 Å². The molecule has 0 N–H and O–H groups in total. The molecule has 3 unspecified atom stereocenters. The predicted molar refractivity (Wildman–Crippen MR) is 96.1 cm³/mol. The van der Waals surface area contributed by atoms with Crippen LogP contribution in [0.3, 0.4) is 0 Å². The van der Waals surface area contributed by atoms with Crippen LogP contribution in [0.1, 0.15) is 95.9 Å². The van der Waals surface area contributed by atoms with Gasteiger partial charge < -0.3 is 0 Å². The highest BCUT2D eigenvalue weighted by Gasteiger charge is 2.25. The summed E-state index contributed by atoms with van der Waals surface area (Å²) in [7, 11) is 0. The van der Waals surface area contributed by atoms with Crippen LogP contribution < -0.4 is 0 Å². The Kier molecular flexibility index (Phi) is 10.1. The molecule has 0 aromatic carbocycles. The van der Waals surface area contributed by atoms with E-state index in [1.54, 1.807) is 0 Å². The molecule has 0 saturated heterocycles. The summed E-state index contributed by atoms with van der Waals surface area (Å²) in [5.41, 5.74) is 1.00. The second-order valence-corrected chi connectivity index (χ2v) is 8.92. The van der Waals surface area contributed by atoms with Crippen LogP contribution in [0, 0.1) is 34.5 Å². The van der Waals surface area contributed by atoms with E-state index in [1.807, 2.05) is 0 Å². The third-order valence-electron chi connectivity index (χ3n) is 6.01. The molecular weight excluding hydrogens is 240 g/mol. The molecule has 0 spiro atoms. The Bertz CT molecular complexity index is 229. The van der Waals surface area contributed by atoms with Gasteiger partial charge >= 0.3 is 0 Å². The minimum atomic E-state index is 0.482. The van der Waals surface area contributed by atoms with Gasteiger partial charge in [0.15, 0.2) is 0 Å². The van der Waals surface area contributed by atoms with Crippen molar-refractivity contribution in [3.63, 3.8) is 0 Å². The highest BCUT2D eigenvalue weighted by atomic mass is 14.3. The van der Waals surface area contributed by atoms with Gasteiger partial charge in [0.1, 0.15) is 0 Å². The summed E-state index contributed by atoms with van der Waals surface area (Å²) in [5.74, 6) is 3.34. The molecule has 0 heteroatoms. The predicted octanol–water partition coefficient (Wildman–Crippen LogP) is 7.43. The number of hydrogen-bond acceptors (Lipinski definition) is 0. The zero-order valence-electron chi connectivity index (χ0n) is 16.7. The van der Waals surface area contributed by atoms with E-state index < -0.39 is 0 Å². The first kappa shape index (κ1) is 22.3. The Morgan fingerprint density at radius 3 is 1.20 bits per heavy atom. The first-order valence-corrected chi connectivity index (χ1v) is 8.81. The van der Waals surface area contributed by atoms with E-state index in [-0.39, 0.29) is 0 Å². The highest BCUT2D eigenvalue weighted by Crippen LogP contribution is 2.34. The van der Waals surface area contributed by atoms with Gasteiger partial charge in [0.25, 0.3) is 0 Å². The van der Waals surface area contributed by atoms with Gasteiger partial charge in [-0.25, -0.2) is 0 Å². The van der Waals surface area contributed by atoms with E-state index in [9.17, 15) is 0 Å². The van der Waals surface area contributed by atoms with Gasteiger partial charge in [0.05, 0.1) is 0 Å². The monoisotopic (exact) mass is 284 g/mol. The van der Waals surface area contributed by atoms with Crippen LogP contribution in [-0.2, 0) is 0 Å². The molecule has 0 amide bonds. The van der Waals surface area contributed by atoms with Crippen LogP contribution in [0.2, 0.25) is 0 Å². The molecule has 0 aliphatic carbocycles. The summed E-state index contributed by atoms with van der Waals surface area (Å²) in [4.78, 5) is 0. The van der Waals surface area contributed by atoms with Crippen LogP contribution in [0.15, 0.2) is 0 Å². The van der Waals surface area contributed by atoms with Gasteiger partial charge in [0.2, 0.25) is 0 Å². The van der Waals surface area contributed by atoms with Gasteiger partial charge in [-0.2, -0.15) is 0 Å². The summed E-state index contributed by atoms with van der Waals surface area (Å²) in [5, 5.41) is 0. The zero-order chi connectivity index (χ0) is 16.7. The molecule has 0 aromatic rings. The van der Waals surface area contributed by atoms with Crippen molar-refractivity contribution in [2.45, 2.75) is 95.9 Å². The average molecular weight is 285 g/mol. The Hall–Kier alpha value is 0. The molecule has 0 rings (SSSR count). The normalized spacial score (nSPS) is 17.2. The third kappa shape index (κ3) is 8.32. The molecule has 20 heavy (non-hydrogen) atoms. The van der Waals surface area contributed by atoms with Crippen molar-refractivity contribution in [2.75, 3.05) is 0 Å². The van der Waals surface area contributed by atoms with Crippen molar-refractivity contribution in [3.05, 3.63) is 0 Å². The van der Waals surface area contributed by atoms with E-state index >= 15 is 0 Å². The Morgan fingerprint density at radius 1 is 0.700 bits per heavy atom.